The van der Waals surface area contributed by atoms with Crippen LogP contribution in [-0.2, 0) is 0 Å². The normalized spacial score (nSPS) is 12.1. The molecule has 0 radical (unpaired) electrons. The first-order valence-corrected chi connectivity index (χ1v) is 3.27. The van der Waals surface area contributed by atoms with Gasteiger partial charge in [0.25, 0.3) is 0 Å². The van der Waals surface area contributed by atoms with Gasteiger partial charge >= 0.3 is 0 Å². The van der Waals surface area contributed by atoms with Crippen molar-refractivity contribution in [3.05, 3.63) is 24.4 Å². The third kappa shape index (κ3) is 3.99. The summed E-state index contributed by atoms with van der Waals surface area (Å²) < 4.78 is 0. The first kappa shape index (κ1) is 9.51. The van der Waals surface area contributed by atoms with Crippen LogP contribution < -0.4 is 5.32 Å². The van der Waals surface area contributed by atoms with Crippen molar-refractivity contribution in [3.63, 3.8) is 0 Å². The lowest BCUT2D eigenvalue weighted by molar-refractivity contribution is 1.14. The fourth-order valence-electron chi connectivity index (χ4n) is 0.466. The summed E-state index contributed by atoms with van der Waals surface area (Å²) in [6.07, 6.45) is 8.46. The van der Waals surface area contributed by atoms with E-state index in [1.807, 2.05) is 6.92 Å². The molecule has 0 aliphatic heterocycles. The standard InChI is InChI=1S/C9H12N2/c1-5-7-9(6-2)11-8(3)10-4/h2,5,7H,1H2,3-4H3,(H,10,11)/b9-7-. The van der Waals surface area contributed by atoms with Crippen molar-refractivity contribution in [3.8, 4) is 12.3 Å². The zero-order chi connectivity index (χ0) is 8.69. The summed E-state index contributed by atoms with van der Waals surface area (Å²) >= 11 is 0. The van der Waals surface area contributed by atoms with Crippen molar-refractivity contribution in [1.82, 2.24) is 5.32 Å². The van der Waals surface area contributed by atoms with E-state index in [4.69, 9.17) is 6.42 Å². The molecular weight excluding hydrogens is 136 g/mol. The maximum Gasteiger partial charge on any atom is 0.114 e. The molecule has 0 saturated carbocycles. The van der Waals surface area contributed by atoms with Crippen LogP contribution in [0.2, 0.25) is 0 Å². The Morgan fingerprint density at radius 1 is 1.73 bits per heavy atom. The Morgan fingerprint density at radius 2 is 2.36 bits per heavy atom. The molecule has 0 unspecified atom stereocenters. The summed E-state index contributed by atoms with van der Waals surface area (Å²) in [5.74, 6) is 3.22. The first-order valence-electron chi connectivity index (χ1n) is 3.27. The van der Waals surface area contributed by atoms with Gasteiger partial charge in [-0.3, -0.25) is 0 Å². The first-order chi connectivity index (χ1) is 5.24. The summed E-state index contributed by atoms with van der Waals surface area (Å²) in [6.45, 7) is 5.36. The van der Waals surface area contributed by atoms with Crippen molar-refractivity contribution in [2.24, 2.45) is 4.99 Å². The second-order valence-electron chi connectivity index (χ2n) is 1.88. The van der Waals surface area contributed by atoms with E-state index in [-0.39, 0.29) is 0 Å². The van der Waals surface area contributed by atoms with Crippen LogP contribution in [0.3, 0.4) is 0 Å². The minimum atomic E-state index is 0.576. The summed E-state index contributed by atoms with van der Waals surface area (Å²) in [6, 6.07) is 0. The van der Waals surface area contributed by atoms with Crippen LogP contribution in [0, 0.1) is 12.3 Å². The highest BCUT2D eigenvalue weighted by Gasteiger charge is 1.86. The maximum atomic E-state index is 5.16. The highest BCUT2D eigenvalue weighted by molar-refractivity contribution is 5.80. The summed E-state index contributed by atoms with van der Waals surface area (Å²) in [5, 5.41) is 2.87. The molecule has 0 atom stereocenters. The summed E-state index contributed by atoms with van der Waals surface area (Å²) in [4.78, 5) is 4.06. The zero-order valence-electron chi connectivity index (χ0n) is 6.89. The number of amidine groups is 1. The molecule has 0 aromatic carbocycles. The number of rotatable bonds is 2. The Morgan fingerprint density at radius 3 is 2.73 bits per heavy atom. The SMILES string of the molecule is C#CC(=C/C=C)/N=C(/C)NC. The van der Waals surface area contributed by atoms with E-state index in [2.05, 4.69) is 22.8 Å². The number of nitrogens with one attached hydrogen (secondary N) is 1. The molecule has 0 rings (SSSR count). The predicted octanol–water partition coefficient (Wildman–Crippen LogP) is 1.33. The molecule has 0 heterocycles. The second-order valence-corrected chi connectivity index (χ2v) is 1.88. The van der Waals surface area contributed by atoms with E-state index in [0.717, 1.165) is 5.84 Å². The average molecular weight is 148 g/mol. The summed E-state index contributed by atoms with van der Waals surface area (Å²) in [7, 11) is 1.79. The predicted molar refractivity (Wildman–Crippen MR) is 49.3 cm³/mol. The topological polar surface area (TPSA) is 24.4 Å². The van der Waals surface area contributed by atoms with Crippen LogP contribution >= 0.6 is 0 Å². The van der Waals surface area contributed by atoms with Gasteiger partial charge in [-0.25, -0.2) is 4.99 Å². The molecule has 1 N–H and O–H groups in total. The molecule has 0 amide bonds. The van der Waals surface area contributed by atoms with Gasteiger partial charge in [-0.15, -0.1) is 6.42 Å². The lowest BCUT2D eigenvalue weighted by Gasteiger charge is -1.95. The molecule has 0 aliphatic rings. The molecule has 0 fully saturated rings. The minimum Gasteiger partial charge on any atom is -0.377 e. The van der Waals surface area contributed by atoms with Gasteiger partial charge in [-0.1, -0.05) is 18.6 Å². The lowest BCUT2D eigenvalue weighted by atomic mass is 10.4. The van der Waals surface area contributed by atoms with Crippen molar-refractivity contribution < 1.29 is 0 Å². The molecule has 0 aromatic rings. The third-order valence-corrected chi connectivity index (χ3v) is 1.07. The fourth-order valence-corrected chi connectivity index (χ4v) is 0.466. The van der Waals surface area contributed by atoms with Crippen LogP contribution in [0.15, 0.2) is 29.4 Å². The molecule has 2 heteroatoms. The van der Waals surface area contributed by atoms with Crippen LogP contribution in [-0.4, -0.2) is 12.9 Å². The van der Waals surface area contributed by atoms with Gasteiger partial charge in [0.2, 0.25) is 0 Å². The monoisotopic (exact) mass is 148 g/mol. The molecule has 2 nitrogen and oxygen atoms in total. The molecule has 11 heavy (non-hydrogen) atoms. The number of terminal acetylenes is 1. The lowest BCUT2D eigenvalue weighted by Crippen LogP contribution is -2.13. The van der Waals surface area contributed by atoms with Crippen molar-refractivity contribution in [2.75, 3.05) is 7.05 Å². The van der Waals surface area contributed by atoms with Crippen molar-refractivity contribution in [2.45, 2.75) is 6.92 Å². The van der Waals surface area contributed by atoms with E-state index >= 15 is 0 Å². The molecule has 0 spiro atoms. The number of allylic oxidation sites excluding steroid dienone is 3. The summed E-state index contributed by atoms with van der Waals surface area (Å²) in [5.41, 5.74) is 0.576. The minimum absolute atomic E-state index is 0.576. The smallest absolute Gasteiger partial charge is 0.114 e. The number of aliphatic imine (C=N–C) groups is 1. The molecule has 0 bridgehead atoms. The van der Waals surface area contributed by atoms with Gasteiger partial charge in [-0.05, 0) is 13.0 Å². The van der Waals surface area contributed by atoms with Gasteiger partial charge in [0.15, 0.2) is 0 Å². The second kappa shape index (κ2) is 5.31. The number of nitrogens with zero attached hydrogens (tertiary/aromatic N) is 1. The highest BCUT2D eigenvalue weighted by atomic mass is 15.0. The quantitative estimate of drug-likeness (QED) is 0.271. The Hall–Kier alpha value is -1.49. The average Bonchev–Trinajstić information content (AvgIpc) is 2.03. The third-order valence-electron chi connectivity index (χ3n) is 1.07. The van der Waals surface area contributed by atoms with E-state index in [0.29, 0.717) is 5.70 Å². The maximum absolute atomic E-state index is 5.16. The van der Waals surface area contributed by atoms with Crippen molar-refractivity contribution >= 4 is 5.84 Å². The van der Waals surface area contributed by atoms with Gasteiger partial charge < -0.3 is 5.32 Å². The fraction of sp³-hybridized carbons (Fsp3) is 0.222. The molecule has 0 aliphatic carbocycles. The number of hydrogen-bond donors (Lipinski definition) is 1. The van der Waals surface area contributed by atoms with Crippen LogP contribution in [0.4, 0.5) is 0 Å². The highest BCUT2D eigenvalue weighted by Crippen LogP contribution is 1.94. The van der Waals surface area contributed by atoms with E-state index < -0.39 is 0 Å². The van der Waals surface area contributed by atoms with E-state index in [1.54, 1.807) is 19.2 Å². The Labute approximate surface area is 67.7 Å². The van der Waals surface area contributed by atoms with Gasteiger partial charge in [-0.2, -0.15) is 0 Å². The van der Waals surface area contributed by atoms with Crippen molar-refractivity contribution in [1.29, 1.82) is 0 Å². The molecule has 58 valence electrons. The Balaban J connectivity index is 4.45. The van der Waals surface area contributed by atoms with Gasteiger partial charge in [0.05, 0.1) is 5.84 Å². The Bertz CT molecular complexity index is 228. The van der Waals surface area contributed by atoms with Gasteiger partial charge in [0, 0.05) is 7.05 Å². The van der Waals surface area contributed by atoms with Gasteiger partial charge in [0.1, 0.15) is 5.70 Å². The van der Waals surface area contributed by atoms with E-state index in [9.17, 15) is 0 Å². The van der Waals surface area contributed by atoms with Crippen LogP contribution in [0.25, 0.3) is 0 Å². The molecule has 0 aromatic heterocycles. The van der Waals surface area contributed by atoms with Crippen LogP contribution in [0.5, 0.6) is 0 Å². The largest absolute Gasteiger partial charge is 0.377 e. The number of hydrogen-bond acceptors (Lipinski definition) is 1. The van der Waals surface area contributed by atoms with Crippen LogP contribution in [0.1, 0.15) is 6.92 Å². The Kier molecular flexibility index (Phi) is 4.59. The molecular formula is C9H12N2. The van der Waals surface area contributed by atoms with E-state index in [1.165, 1.54) is 0 Å². The molecule has 0 saturated heterocycles. The zero-order valence-corrected chi connectivity index (χ0v) is 6.89.